The molecule has 5 heteroatoms. The highest BCUT2D eigenvalue weighted by Crippen LogP contribution is 2.23. The van der Waals surface area contributed by atoms with Crippen LogP contribution in [0.25, 0.3) is 17.1 Å². The van der Waals surface area contributed by atoms with Crippen LogP contribution in [-0.2, 0) is 0 Å². The third-order valence-electron chi connectivity index (χ3n) is 3.67. The first-order chi connectivity index (χ1) is 11.2. The van der Waals surface area contributed by atoms with Crippen LogP contribution in [0.2, 0.25) is 0 Å². The van der Waals surface area contributed by atoms with E-state index in [9.17, 15) is 0 Å². The number of aryl methyl sites for hydroxylation is 2. The zero-order valence-corrected chi connectivity index (χ0v) is 13.6. The minimum atomic E-state index is 0.694. The zero-order chi connectivity index (χ0) is 16.2. The summed E-state index contributed by atoms with van der Waals surface area (Å²) in [4.78, 5) is 4.46. The standard InChI is InChI=1S/C18H20N4O/c1-12-11-13(2)20-18-16(12)17(21-22-18)19-10-4-5-14-6-8-15(23-3)9-7-14/h4-9,11H,10H2,1-3H3,(H2,19,20,21,22). The van der Waals surface area contributed by atoms with Crippen LogP contribution in [-0.4, -0.2) is 28.8 Å². The van der Waals surface area contributed by atoms with Gasteiger partial charge in [0.05, 0.1) is 12.5 Å². The SMILES string of the molecule is COc1ccc(C=CCNc2n[nH]c3nc(C)cc(C)c23)cc1. The average molecular weight is 308 g/mol. The molecule has 0 fully saturated rings. The van der Waals surface area contributed by atoms with E-state index in [0.717, 1.165) is 33.9 Å². The molecule has 0 radical (unpaired) electrons. The van der Waals surface area contributed by atoms with E-state index in [1.807, 2.05) is 31.2 Å². The van der Waals surface area contributed by atoms with Crippen molar-refractivity contribution in [3.63, 3.8) is 0 Å². The Morgan fingerprint density at radius 1 is 1.22 bits per heavy atom. The van der Waals surface area contributed by atoms with Crippen LogP contribution in [0.1, 0.15) is 16.8 Å². The molecule has 1 aromatic carbocycles. The van der Waals surface area contributed by atoms with E-state index in [0.29, 0.717) is 6.54 Å². The molecule has 0 aliphatic rings. The smallest absolute Gasteiger partial charge is 0.157 e. The summed E-state index contributed by atoms with van der Waals surface area (Å²) in [6.07, 6.45) is 4.13. The maximum Gasteiger partial charge on any atom is 0.157 e. The van der Waals surface area contributed by atoms with E-state index < -0.39 is 0 Å². The van der Waals surface area contributed by atoms with Gasteiger partial charge in [0.15, 0.2) is 11.5 Å². The number of aromatic nitrogens is 3. The Kier molecular flexibility index (Phi) is 4.28. The minimum absolute atomic E-state index is 0.694. The van der Waals surface area contributed by atoms with Crippen LogP contribution in [0.3, 0.4) is 0 Å². The molecule has 118 valence electrons. The Balaban J connectivity index is 1.67. The number of hydrogen-bond acceptors (Lipinski definition) is 4. The maximum atomic E-state index is 5.15. The lowest BCUT2D eigenvalue weighted by molar-refractivity contribution is 0.415. The highest BCUT2D eigenvalue weighted by Gasteiger charge is 2.09. The van der Waals surface area contributed by atoms with Crippen molar-refractivity contribution in [2.75, 3.05) is 19.0 Å². The van der Waals surface area contributed by atoms with Gasteiger partial charge < -0.3 is 10.1 Å². The van der Waals surface area contributed by atoms with Crippen molar-refractivity contribution in [1.29, 1.82) is 0 Å². The third kappa shape index (κ3) is 3.34. The van der Waals surface area contributed by atoms with Crippen molar-refractivity contribution < 1.29 is 4.74 Å². The van der Waals surface area contributed by atoms with Crippen LogP contribution in [0.5, 0.6) is 5.75 Å². The average Bonchev–Trinajstić information content (AvgIpc) is 2.95. The van der Waals surface area contributed by atoms with Gasteiger partial charge >= 0.3 is 0 Å². The largest absolute Gasteiger partial charge is 0.497 e. The summed E-state index contributed by atoms with van der Waals surface area (Å²) in [6.45, 7) is 4.75. The lowest BCUT2D eigenvalue weighted by atomic mass is 10.2. The second-order valence-corrected chi connectivity index (χ2v) is 5.43. The fourth-order valence-electron chi connectivity index (χ4n) is 2.57. The number of ether oxygens (including phenoxy) is 1. The van der Waals surface area contributed by atoms with Crippen molar-refractivity contribution >= 4 is 22.9 Å². The fourth-order valence-corrected chi connectivity index (χ4v) is 2.57. The van der Waals surface area contributed by atoms with Gasteiger partial charge in [-0.05, 0) is 43.2 Å². The van der Waals surface area contributed by atoms with Gasteiger partial charge in [-0.25, -0.2) is 4.98 Å². The number of fused-ring (bicyclic) bond motifs is 1. The monoisotopic (exact) mass is 308 g/mol. The fraction of sp³-hybridized carbons (Fsp3) is 0.222. The molecule has 0 amide bonds. The van der Waals surface area contributed by atoms with Crippen LogP contribution in [0.4, 0.5) is 5.82 Å². The first kappa shape index (κ1) is 15.1. The van der Waals surface area contributed by atoms with Crippen molar-refractivity contribution in [3.05, 3.63) is 53.2 Å². The van der Waals surface area contributed by atoms with Gasteiger partial charge in [0.2, 0.25) is 0 Å². The van der Waals surface area contributed by atoms with E-state index in [-0.39, 0.29) is 0 Å². The molecule has 5 nitrogen and oxygen atoms in total. The van der Waals surface area contributed by atoms with Gasteiger partial charge in [-0.2, -0.15) is 5.10 Å². The number of nitrogens with zero attached hydrogens (tertiary/aromatic N) is 2. The predicted molar refractivity (Wildman–Crippen MR) is 93.9 cm³/mol. The highest BCUT2D eigenvalue weighted by atomic mass is 16.5. The number of rotatable bonds is 5. The number of methoxy groups -OCH3 is 1. The molecule has 23 heavy (non-hydrogen) atoms. The Morgan fingerprint density at radius 2 is 2.00 bits per heavy atom. The molecule has 3 aromatic rings. The maximum absolute atomic E-state index is 5.15. The van der Waals surface area contributed by atoms with E-state index in [2.05, 4.69) is 45.6 Å². The number of aromatic amines is 1. The summed E-state index contributed by atoms with van der Waals surface area (Å²) in [5.74, 6) is 1.70. The first-order valence-electron chi connectivity index (χ1n) is 7.54. The number of benzene rings is 1. The van der Waals surface area contributed by atoms with E-state index in [1.165, 1.54) is 5.56 Å². The van der Waals surface area contributed by atoms with Gasteiger partial charge in [0.1, 0.15) is 5.75 Å². The summed E-state index contributed by atoms with van der Waals surface area (Å²) in [5, 5.41) is 11.7. The molecule has 0 aliphatic carbocycles. The molecule has 0 spiro atoms. The van der Waals surface area contributed by atoms with Gasteiger partial charge in [0.25, 0.3) is 0 Å². The van der Waals surface area contributed by atoms with Crippen molar-refractivity contribution in [2.24, 2.45) is 0 Å². The van der Waals surface area contributed by atoms with Crippen molar-refractivity contribution in [3.8, 4) is 5.75 Å². The summed E-state index contributed by atoms with van der Waals surface area (Å²) < 4.78 is 5.15. The molecule has 0 aliphatic heterocycles. The topological polar surface area (TPSA) is 62.8 Å². The van der Waals surface area contributed by atoms with Crippen LogP contribution in [0.15, 0.2) is 36.4 Å². The molecule has 2 aromatic heterocycles. The van der Waals surface area contributed by atoms with Gasteiger partial charge in [-0.3, -0.25) is 5.10 Å². The first-order valence-corrected chi connectivity index (χ1v) is 7.54. The molecule has 3 rings (SSSR count). The molecule has 2 N–H and O–H groups in total. The lowest BCUT2D eigenvalue weighted by Gasteiger charge is -2.03. The Morgan fingerprint density at radius 3 is 2.74 bits per heavy atom. The molecule has 0 saturated heterocycles. The molecule has 0 unspecified atom stereocenters. The number of nitrogens with one attached hydrogen (secondary N) is 2. The molecule has 2 heterocycles. The normalized spacial score (nSPS) is 11.3. The molecule has 0 saturated carbocycles. The van der Waals surface area contributed by atoms with E-state index >= 15 is 0 Å². The third-order valence-corrected chi connectivity index (χ3v) is 3.67. The summed E-state index contributed by atoms with van der Waals surface area (Å²) in [5.41, 5.74) is 4.12. The molecule has 0 atom stereocenters. The molecular weight excluding hydrogens is 288 g/mol. The lowest BCUT2D eigenvalue weighted by Crippen LogP contribution is -1.99. The van der Waals surface area contributed by atoms with Gasteiger partial charge in [-0.15, -0.1) is 0 Å². The predicted octanol–water partition coefficient (Wildman–Crippen LogP) is 3.71. The number of anilines is 1. The highest BCUT2D eigenvalue weighted by molar-refractivity contribution is 5.90. The molecule has 0 bridgehead atoms. The molecular formula is C18H20N4O. The second kappa shape index (κ2) is 6.52. The van der Waals surface area contributed by atoms with Gasteiger partial charge in [-0.1, -0.05) is 24.3 Å². The minimum Gasteiger partial charge on any atom is -0.497 e. The Labute approximate surface area is 135 Å². The summed E-state index contributed by atoms with van der Waals surface area (Å²) in [7, 11) is 1.67. The van der Waals surface area contributed by atoms with Crippen LogP contribution < -0.4 is 10.1 Å². The van der Waals surface area contributed by atoms with E-state index in [4.69, 9.17) is 4.74 Å². The number of pyridine rings is 1. The van der Waals surface area contributed by atoms with Crippen LogP contribution in [0, 0.1) is 13.8 Å². The quantitative estimate of drug-likeness (QED) is 0.754. The second-order valence-electron chi connectivity index (χ2n) is 5.43. The zero-order valence-electron chi connectivity index (χ0n) is 13.6. The van der Waals surface area contributed by atoms with Gasteiger partial charge in [0, 0.05) is 12.2 Å². The summed E-state index contributed by atoms with van der Waals surface area (Å²) in [6, 6.07) is 10.0. The summed E-state index contributed by atoms with van der Waals surface area (Å²) >= 11 is 0. The Bertz CT molecular complexity index is 834. The Hall–Kier alpha value is -2.82. The van der Waals surface area contributed by atoms with Crippen molar-refractivity contribution in [1.82, 2.24) is 15.2 Å². The van der Waals surface area contributed by atoms with Crippen LogP contribution >= 0.6 is 0 Å². The van der Waals surface area contributed by atoms with E-state index in [1.54, 1.807) is 7.11 Å². The number of H-pyrrole nitrogens is 1. The number of hydrogen-bond donors (Lipinski definition) is 2. The van der Waals surface area contributed by atoms with Crippen molar-refractivity contribution in [2.45, 2.75) is 13.8 Å².